The van der Waals surface area contributed by atoms with Crippen LogP contribution in [0.15, 0.2) is 18.2 Å². The van der Waals surface area contributed by atoms with E-state index in [0.29, 0.717) is 0 Å². The molecule has 2 atom stereocenters. The highest BCUT2D eigenvalue weighted by atomic mass is 31.0. The lowest BCUT2D eigenvalue weighted by Crippen LogP contribution is -2.13. The maximum absolute atomic E-state index is 4.32. The summed E-state index contributed by atoms with van der Waals surface area (Å²) in [5, 5.41) is -0.00715. The molecule has 1 rings (SSSR count). The van der Waals surface area contributed by atoms with E-state index in [1.165, 1.54) is 29.5 Å². The lowest BCUT2D eigenvalue weighted by molar-refractivity contribution is 0.620. The smallest absolute Gasteiger partial charge is 0.00981 e. The monoisotopic (exact) mass is 221 g/mol. The highest BCUT2D eigenvalue weighted by Gasteiger charge is 2.20. The Morgan fingerprint density at radius 1 is 1.20 bits per heavy atom. The molecule has 83 valence electrons. The second-order valence-corrected chi connectivity index (χ2v) is 5.74. The quantitative estimate of drug-likeness (QED) is 0.661. The van der Waals surface area contributed by atoms with Crippen LogP contribution in [0.4, 0.5) is 0 Å². The van der Waals surface area contributed by atoms with E-state index in [4.69, 9.17) is 0 Å². The summed E-state index contributed by atoms with van der Waals surface area (Å²) in [5.41, 5.74) is 4.01. The molecule has 2 unspecified atom stereocenters. The van der Waals surface area contributed by atoms with Crippen LogP contribution in [-0.4, -0.2) is 0 Å². The van der Waals surface area contributed by atoms with Gasteiger partial charge in [-0.05, 0) is 32.8 Å². The third-order valence-electron chi connectivity index (χ3n) is 2.77. The molecule has 15 heavy (non-hydrogen) atoms. The summed E-state index contributed by atoms with van der Waals surface area (Å²) >= 11 is 0. The summed E-state index contributed by atoms with van der Waals surface area (Å²) in [7, 11) is 2.91. The Labute approximate surface area is 96.7 Å². The van der Waals surface area contributed by atoms with Gasteiger partial charge in [0.2, 0.25) is 0 Å². The fourth-order valence-electron chi connectivity index (χ4n) is 1.90. The Balaban J connectivity index is 2.93. The van der Waals surface area contributed by atoms with E-state index in [2.05, 4.69) is 55.1 Å². The van der Waals surface area contributed by atoms with Crippen molar-refractivity contribution in [3.8, 4) is 0 Å². The van der Waals surface area contributed by atoms with Crippen LogP contribution < -0.4 is 0 Å². The minimum atomic E-state index is -0.00715. The zero-order chi connectivity index (χ0) is 11.5. The maximum atomic E-state index is 4.32. The molecule has 0 aromatic heterocycles. The van der Waals surface area contributed by atoms with Crippen LogP contribution in [0.2, 0.25) is 0 Å². The summed E-state index contributed by atoms with van der Waals surface area (Å²) in [6.45, 7) is 10.8. The minimum absolute atomic E-state index is 0.00715. The molecule has 0 spiro atoms. The maximum Gasteiger partial charge on any atom is 0.00981 e. The first-order chi connectivity index (χ1) is 6.95. The van der Waals surface area contributed by atoms with E-state index in [1.807, 2.05) is 0 Å². The van der Waals surface area contributed by atoms with Gasteiger partial charge < -0.3 is 0 Å². The average molecular weight is 221 g/mol. The lowest BCUT2D eigenvalue weighted by atomic mass is 9.92. The molecule has 0 bridgehead atoms. The van der Waals surface area contributed by atoms with E-state index in [-0.39, 0.29) is 5.16 Å². The number of benzene rings is 1. The van der Waals surface area contributed by atoms with Crippen LogP contribution in [0.5, 0.6) is 0 Å². The molecule has 0 amide bonds. The van der Waals surface area contributed by atoms with Gasteiger partial charge in [-0.3, -0.25) is 0 Å². The van der Waals surface area contributed by atoms with E-state index < -0.39 is 0 Å². The van der Waals surface area contributed by atoms with Gasteiger partial charge in [0.25, 0.3) is 0 Å². The summed E-state index contributed by atoms with van der Waals surface area (Å²) in [6, 6.07) is 6.72. The Morgan fingerprint density at radius 2 is 1.73 bits per heavy atom. The summed E-state index contributed by atoms with van der Waals surface area (Å²) < 4.78 is 0. The number of hydrogen-bond donors (Lipinski definition) is 0. The van der Waals surface area contributed by atoms with Crippen LogP contribution in [0, 0.1) is 20.8 Å². The second-order valence-electron chi connectivity index (χ2n) is 4.64. The normalized spacial score (nSPS) is 15.0. The van der Waals surface area contributed by atoms with Crippen molar-refractivity contribution in [3.05, 3.63) is 41.8 Å². The molecule has 0 aliphatic heterocycles. The number of aryl methyl sites for hydroxylation is 2. The Bertz CT molecular complexity index is 306. The topological polar surface area (TPSA) is 0 Å². The van der Waals surface area contributed by atoms with Crippen molar-refractivity contribution < 1.29 is 0 Å². The third kappa shape index (κ3) is 3.61. The number of hydrogen-bond acceptors (Lipinski definition) is 0. The van der Waals surface area contributed by atoms with Crippen molar-refractivity contribution in [2.45, 2.75) is 45.2 Å². The molecule has 0 aliphatic rings. The molecule has 0 fully saturated rings. The number of rotatable bonds is 4. The highest BCUT2D eigenvalue weighted by molar-refractivity contribution is 7.18. The standard InChI is InChI=1S/C14H22P/c1-5-6-7-14(4,15)13-9-11(2)8-12(3)10-13/h8-10H,4-7,15H2,1-3H3. The molecule has 1 aromatic carbocycles. The fourth-order valence-corrected chi connectivity index (χ4v) is 2.27. The molecule has 1 aromatic rings. The lowest BCUT2D eigenvalue weighted by Gasteiger charge is -2.25. The Kier molecular flexibility index (Phi) is 4.34. The van der Waals surface area contributed by atoms with Gasteiger partial charge in [-0.1, -0.05) is 49.1 Å². The third-order valence-corrected chi connectivity index (χ3v) is 3.40. The second kappa shape index (κ2) is 5.12. The zero-order valence-corrected chi connectivity index (χ0v) is 11.3. The SMILES string of the molecule is [CH2]C(P)(CCCC)c1cc(C)cc(C)c1. The summed E-state index contributed by atoms with van der Waals surface area (Å²) in [6.07, 6.45) is 3.60. The van der Waals surface area contributed by atoms with Gasteiger partial charge in [0.1, 0.15) is 0 Å². The van der Waals surface area contributed by atoms with E-state index >= 15 is 0 Å². The van der Waals surface area contributed by atoms with Crippen LogP contribution in [0.25, 0.3) is 0 Å². The van der Waals surface area contributed by atoms with Crippen molar-refractivity contribution in [2.24, 2.45) is 0 Å². The molecular formula is C14H22P. The zero-order valence-electron chi connectivity index (χ0n) is 10.1. The summed E-state index contributed by atoms with van der Waals surface area (Å²) in [5.74, 6) is 0. The predicted octanol–water partition coefficient (Wildman–Crippen LogP) is 4.40. The number of unbranched alkanes of at least 4 members (excludes halogenated alkanes) is 1. The van der Waals surface area contributed by atoms with Gasteiger partial charge in [0, 0.05) is 5.16 Å². The van der Waals surface area contributed by atoms with Crippen LogP contribution in [0.3, 0.4) is 0 Å². The van der Waals surface area contributed by atoms with E-state index in [9.17, 15) is 0 Å². The minimum Gasteiger partial charge on any atom is -0.126 e. The molecule has 0 nitrogen and oxygen atoms in total. The van der Waals surface area contributed by atoms with Crippen molar-refractivity contribution in [1.29, 1.82) is 0 Å². The Hall–Kier alpha value is -0.350. The van der Waals surface area contributed by atoms with Gasteiger partial charge in [-0.15, -0.1) is 9.24 Å². The van der Waals surface area contributed by atoms with Crippen molar-refractivity contribution in [3.63, 3.8) is 0 Å². The highest BCUT2D eigenvalue weighted by Crippen LogP contribution is 2.36. The van der Waals surface area contributed by atoms with E-state index in [0.717, 1.165) is 6.42 Å². The first-order valence-corrected chi connectivity index (χ1v) is 6.26. The van der Waals surface area contributed by atoms with Crippen LogP contribution in [0.1, 0.15) is 42.9 Å². The first-order valence-electron chi connectivity index (χ1n) is 5.68. The Morgan fingerprint density at radius 3 is 2.20 bits per heavy atom. The van der Waals surface area contributed by atoms with Gasteiger partial charge in [-0.25, -0.2) is 0 Å². The summed E-state index contributed by atoms with van der Waals surface area (Å²) in [4.78, 5) is 0. The molecular weight excluding hydrogens is 199 g/mol. The van der Waals surface area contributed by atoms with Crippen LogP contribution >= 0.6 is 9.24 Å². The molecule has 0 aliphatic carbocycles. The van der Waals surface area contributed by atoms with E-state index in [1.54, 1.807) is 0 Å². The van der Waals surface area contributed by atoms with Gasteiger partial charge in [-0.2, -0.15) is 0 Å². The molecule has 0 N–H and O–H groups in total. The van der Waals surface area contributed by atoms with Gasteiger partial charge >= 0.3 is 0 Å². The predicted molar refractivity (Wildman–Crippen MR) is 72.2 cm³/mol. The van der Waals surface area contributed by atoms with Gasteiger partial charge in [0.15, 0.2) is 0 Å². The fraction of sp³-hybridized carbons (Fsp3) is 0.500. The largest absolute Gasteiger partial charge is 0.126 e. The molecule has 0 saturated heterocycles. The van der Waals surface area contributed by atoms with Crippen molar-refractivity contribution in [1.82, 2.24) is 0 Å². The first kappa shape index (κ1) is 12.7. The van der Waals surface area contributed by atoms with Crippen molar-refractivity contribution >= 4 is 9.24 Å². The molecule has 0 saturated carbocycles. The average Bonchev–Trinajstić information content (AvgIpc) is 2.13. The molecule has 1 radical (unpaired) electrons. The van der Waals surface area contributed by atoms with Gasteiger partial charge in [0.05, 0.1) is 0 Å². The molecule has 0 heterocycles. The van der Waals surface area contributed by atoms with Crippen molar-refractivity contribution in [2.75, 3.05) is 0 Å². The molecule has 1 heteroatoms. The van der Waals surface area contributed by atoms with Crippen LogP contribution in [-0.2, 0) is 5.16 Å².